The number of carbonyl (C=O) groups excluding carboxylic acids is 1. The monoisotopic (exact) mass is 287 g/mol. The second kappa shape index (κ2) is 7.42. The first kappa shape index (κ1) is 15.0. The molecule has 0 spiro atoms. The van der Waals surface area contributed by atoms with Gasteiger partial charge in [0.25, 0.3) is 5.91 Å². The summed E-state index contributed by atoms with van der Waals surface area (Å²) in [6, 6.07) is 1.73. The number of hydrogen-bond donors (Lipinski definition) is 2. The Kier molecular flexibility index (Phi) is 5.31. The van der Waals surface area contributed by atoms with Crippen LogP contribution in [0.5, 0.6) is 0 Å². The van der Waals surface area contributed by atoms with Gasteiger partial charge < -0.3 is 15.2 Å². The molecule has 0 fully saturated rings. The number of rotatable bonds is 7. The van der Waals surface area contributed by atoms with E-state index in [1.807, 2.05) is 17.8 Å². The van der Waals surface area contributed by atoms with Crippen molar-refractivity contribution in [3.63, 3.8) is 0 Å². The lowest BCUT2D eigenvalue weighted by atomic mass is 10.2. The van der Waals surface area contributed by atoms with Crippen LogP contribution < -0.4 is 10.6 Å². The smallest absolute Gasteiger partial charge is 0.253 e. The van der Waals surface area contributed by atoms with Crippen LogP contribution in [0.1, 0.15) is 29.5 Å². The molecule has 2 aromatic heterocycles. The standard InChI is InChI=1S/C15H21N5O/c1-3-6-17-13-11-16-7-4-12(13)15(21)19-8-5-14-18-9-10-20(14)2/h4,7,9-11,17H,3,5-6,8H2,1-2H3,(H,19,21). The number of aromatic nitrogens is 3. The Morgan fingerprint density at radius 1 is 1.33 bits per heavy atom. The molecule has 0 aliphatic carbocycles. The van der Waals surface area contributed by atoms with Gasteiger partial charge in [-0.3, -0.25) is 9.78 Å². The van der Waals surface area contributed by atoms with Gasteiger partial charge in [0.1, 0.15) is 5.82 Å². The summed E-state index contributed by atoms with van der Waals surface area (Å²) in [7, 11) is 1.94. The van der Waals surface area contributed by atoms with E-state index in [4.69, 9.17) is 0 Å². The first-order valence-electron chi connectivity index (χ1n) is 7.14. The molecule has 0 aliphatic heterocycles. The van der Waals surface area contributed by atoms with Gasteiger partial charge >= 0.3 is 0 Å². The largest absolute Gasteiger partial charge is 0.383 e. The van der Waals surface area contributed by atoms with Crippen LogP contribution in [-0.2, 0) is 13.5 Å². The summed E-state index contributed by atoms with van der Waals surface area (Å²) < 4.78 is 1.95. The van der Waals surface area contributed by atoms with Gasteiger partial charge in [-0.15, -0.1) is 0 Å². The highest BCUT2D eigenvalue weighted by atomic mass is 16.1. The summed E-state index contributed by atoms with van der Waals surface area (Å²) >= 11 is 0. The number of pyridine rings is 1. The maximum absolute atomic E-state index is 12.2. The summed E-state index contributed by atoms with van der Waals surface area (Å²) in [5.74, 6) is 0.861. The molecule has 21 heavy (non-hydrogen) atoms. The van der Waals surface area contributed by atoms with Crippen LogP contribution >= 0.6 is 0 Å². The molecule has 2 heterocycles. The molecule has 0 radical (unpaired) electrons. The SMILES string of the molecule is CCCNc1cnccc1C(=O)NCCc1nccn1C. The van der Waals surface area contributed by atoms with Gasteiger partial charge in [-0.2, -0.15) is 0 Å². The van der Waals surface area contributed by atoms with Crippen LogP contribution in [0, 0.1) is 0 Å². The van der Waals surface area contributed by atoms with Crippen LogP contribution in [-0.4, -0.2) is 33.5 Å². The summed E-state index contributed by atoms with van der Waals surface area (Å²) in [4.78, 5) is 20.5. The lowest BCUT2D eigenvalue weighted by Crippen LogP contribution is -2.27. The number of imidazole rings is 1. The Labute approximate surface area is 124 Å². The Bertz CT molecular complexity index is 593. The van der Waals surface area contributed by atoms with Crippen LogP contribution in [0.15, 0.2) is 30.9 Å². The lowest BCUT2D eigenvalue weighted by molar-refractivity contribution is 0.0954. The molecule has 0 bridgehead atoms. The normalized spacial score (nSPS) is 10.4. The van der Waals surface area contributed by atoms with E-state index >= 15 is 0 Å². The predicted octanol–water partition coefficient (Wildman–Crippen LogP) is 1.61. The third kappa shape index (κ3) is 4.05. The zero-order chi connectivity index (χ0) is 15.1. The zero-order valence-corrected chi connectivity index (χ0v) is 12.5. The molecule has 0 saturated carbocycles. The van der Waals surface area contributed by atoms with Gasteiger partial charge in [0.15, 0.2) is 0 Å². The first-order chi connectivity index (χ1) is 10.2. The number of hydrogen-bond acceptors (Lipinski definition) is 4. The van der Waals surface area contributed by atoms with Crippen molar-refractivity contribution in [2.75, 3.05) is 18.4 Å². The van der Waals surface area contributed by atoms with Gasteiger partial charge in [0.2, 0.25) is 0 Å². The fourth-order valence-electron chi connectivity index (χ4n) is 2.01. The molecule has 2 N–H and O–H groups in total. The Morgan fingerprint density at radius 3 is 2.90 bits per heavy atom. The molecule has 0 aromatic carbocycles. The molecular formula is C15H21N5O. The van der Waals surface area contributed by atoms with E-state index in [2.05, 4.69) is 27.5 Å². The van der Waals surface area contributed by atoms with Crippen LogP contribution in [0.25, 0.3) is 0 Å². The molecule has 6 nitrogen and oxygen atoms in total. The summed E-state index contributed by atoms with van der Waals surface area (Å²) in [6.45, 7) is 3.45. The fourth-order valence-corrected chi connectivity index (χ4v) is 2.01. The lowest BCUT2D eigenvalue weighted by Gasteiger charge is -2.11. The highest BCUT2D eigenvalue weighted by molar-refractivity contribution is 5.99. The number of carbonyl (C=O) groups is 1. The maximum atomic E-state index is 12.2. The van der Waals surface area contributed by atoms with Crippen molar-refractivity contribution in [3.05, 3.63) is 42.2 Å². The average molecular weight is 287 g/mol. The minimum atomic E-state index is -0.0924. The van der Waals surface area contributed by atoms with Gasteiger partial charge in [-0.05, 0) is 12.5 Å². The van der Waals surface area contributed by atoms with Crippen molar-refractivity contribution in [2.24, 2.45) is 7.05 Å². The number of anilines is 1. The molecule has 0 unspecified atom stereocenters. The van der Waals surface area contributed by atoms with Crippen molar-refractivity contribution in [1.82, 2.24) is 19.9 Å². The maximum Gasteiger partial charge on any atom is 0.253 e. The number of nitrogens with one attached hydrogen (secondary N) is 2. The van der Waals surface area contributed by atoms with E-state index in [1.54, 1.807) is 24.7 Å². The minimum Gasteiger partial charge on any atom is -0.383 e. The molecule has 6 heteroatoms. The van der Waals surface area contributed by atoms with E-state index in [0.29, 0.717) is 18.5 Å². The van der Waals surface area contributed by atoms with Crippen LogP contribution in [0.2, 0.25) is 0 Å². The number of amides is 1. The van der Waals surface area contributed by atoms with Gasteiger partial charge in [0.05, 0.1) is 17.4 Å². The van der Waals surface area contributed by atoms with Crippen molar-refractivity contribution in [1.29, 1.82) is 0 Å². The van der Waals surface area contributed by atoms with Gasteiger partial charge in [-0.1, -0.05) is 6.92 Å². The second-order valence-electron chi connectivity index (χ2n) is 4.81. The van der Waals surface area contributed by atoms with Crippen LogP contribution in [0.4, 0.5) is 5.69 Å². The third-order valence-corrected chi connectivity index (χ3v) is 3.19. The quantitative estimate of drug-likeness (QED) is 0.811. The van der Waals surface area contributed by atoms with Gasteiger partial charge in [0, 0.05) is 45.1 Å². The van der Waals surface area contributed by atoms with E-state index in [9.17, 15) is 4.79 Å². The van der Waals surface area contributed by atoms with E-state index < -0.39 is 0 Å². The molecule has 1 amide bonds. The molecular weight excluding hydrogens is 266 g/mol. The van der Waals surface area contributed by atoms with E-state index in [0.717, 1.165) is 24.5 Å². The highest BCUT2D eigenvalue weighted by Gasteiger charge is 2.10. The highest BCUT2D eigenvalue weighted by Crippen LogP contribution is 2.13. The van der Waals surface area contributed by atoms with Crippen LogP contribution in [0.3, 0.4) is 0 Å². The van der Waals surface area contributed by atoms with Crippen molar-refractivity contribution in [3.8, 4) is 0 Å². The van der Waals surface area contributed by atoms with Crippen molar-refractivity contribution < 1.29 is 4.79 Å². The average Bonchev–Trinajstić information content (AvgIpc) is 2.91. The molecule has 2 rings (SSSR count). The second-order valence-corrected chi connectivity index (χ2v) is 4.81. The topological polar surface area (TPSA) is 71.8 Å². The van der Waals surface area contributed by atoms with Crippen molar-refractivity contribution in [2.45, 2.75) is 19.8 Å². The van der Waals surface area contributed by atoms with Crippen molar-refractivity contribution >= 4 is 11.6 Å². The third-order valence-electron chi connectivity index (χ3n) is 3.19. The zero-order valence-electron chi connectivity index (χ0n) is 12.5. The summed E-state index contributed by atoms with van der Waals surface area (Å²) in [5.41, 5.74) is 1.40. The fraction of sp³-hybridized carbons (Fsp3) is 0.400. The van der Waals surface area contributed by atoms with Gasteiger partial charge in [-0.25, -0.2) is 4.98 Å². The molecule has 112 valence electrons. The molecule has 0 aliphatic rings. The summed E-state index contributed by atoms with van der Waals surface area (Å²) in [5, 5.41) is 6.14. The van der Waals surface area contributed by atoms with E-state index in [-0.39, 0.29) is 5.91 Å². The Balaban J connectivity index is 1.92. The molecule has 2 aromatic rings. The first-order valence-corrected chi connectivity index (χ1v) is 7.14. The summed E-state index contributed by atoms with van der Waals surface area (Å²) in [6.07, 6.45) is 8.67. The minimum absolute atomic E-state index is 0.0924. The van der Waals surface area contributed by atoms with E-state index in [1.165, 1.54) is 0 Å². The number of aryl methyl sites for hydroxylation is 1. The molecule has 0 atom stereocenters. The Hall–Kier alpha value is -2.37. The number of nitrogens with zero attached hydrogens (tertiary/aromatic N) is 3. The predicted molar refractivity (Wildman–Crippen MR) is 82.3 cm³/mol. The molecule has 0 saturated heterocycles. The Morgan fingerprint density at radius 2 is 2.19 bits per heavy atom.